The van der Waals surface area contributed by atoms with Crippen molar-refractivity contribution >= 4 is 22.7 Å². The molecule has 2 rings (SSSR count). The summed E-state index contributed by atoms with van der Waals surface area (Å²) in [5.41, 5.74) is 9.96. The molecule has 1 atom stereocenters. The van der Waals surface area contributed by atoms with E-state index in [1.54, 1.807) is 11.3 Å². The van der Waals surface area contributed by atoms with Gasteiger partial charge in [0, 0.05) is 11.1 Å². The van der Waals surface area contributed by atoms with E-state index in [0.29, 0.717) is 0 Å². The minimum Gasteiger partial charge on any atom is -0.397 e. The molecule has 0 saturated heterocycles. The van der Waals surface area contributed by atoms with Crippen LogP contribution in [0.5, 0.6) is 0 Å². The van der Waals surface area contributed by atoms with E-state index < -0.39 is 0 Å². The first-order valence-corrected chi connectivity index (χ1v) is 6.49. The van der Waals surface area contributed by atoms with Crippen molar-refractivity contribution in [1.82, 2.24) is 4.98 Å². The molecule has 0 spiro atoms. The van der Waals surface area contributed by atoms with Crippen LogP contribution in [-0.4, -0.2) is 4.98 Å². The zero-order valence-corrected chi connectivity index (χ0v) is 11.1. The normalized spacial score (nSPS) is 12.4. The Kier molecular flexibility index (Phi) is 3.33. The number of aromatic nitrogens is 1. The lowest BCUT2D eigenvalue weighted by molar-refractivity contribution is 0.864. The van der Waals surface area contributed by atoms with Gasteiger partial charge < -0.3 is 11.1 Å². The van der Waals surface area contributed by atoms with Crippen molar-refractivity contribution in [1.29, 1.82) is 0 Å². The maximum Gasteiger partial charge on any atom is 0.115 e. The van der Waals surface area contributed by atoms with Crippen molar-refractivity contribution < 1.29 is 0 Å². The highest BCUT2D eigenvalue weighted by Gasteiger charge is 2.10. The fourth-order valence-electron chi connectivity index (χ4n) is 1.66. The molecule has 0 radical (unpaired) electrons. The number of benzene rings is 1. The van der Waals surface area contributed by atoms with Crippen LogP contribution in [0.1, 0.15) is 29.2 Å². The Morgan fingerprint density at radius 1 is 1.35 bits per heavy atom. The van der Waals surface area contributed by atoms with Crippen LogP contribution < -0.4 is 11.1 Å². The van der Waals surface area contributed by atoms with Gasteiger partial charge in [0.2, 0.25) is 0 Å². The van der Waals surface area contributed by atoms with E-state index in [4.69, 9.17) is 5.73 Å². The van der Waals surface area contributed by atoms with E-state index in [2.05, 4.69) is 35.6 Å². The largest absolute Gasteiger partial charge is 0.397 e. The van der Waals surface area contributed by atoms with Crippen molar-refractivity contribution in [3.63, 3.8) is 0 Å². The van der Waals surface area contributed by atoms with Gasteiger partial charge in [-0.1, -0.05) is 6.07 Å². The van der Waals surface area contributed by atoms with E-state index in [0.717, 1.165) is 22.1 Å². The Labute approximate surface area is 106 Å². The van der Waals surface area contributed by atoms with Crippen LogP contribution in [-0.2, 0) is 0 Å². The van der Waals surface area contributed by atoms with Gasteiger partial charge in [-0.3, -0.25) is 0 Å². The third-order valence-electron chi connectivity index (χ3n) is 2.59. The molecule has 0 aliphatic rings. The molecule has 17 heavy (non-hydrogen) atoms. The zero-order valence-electron chi connectivity index (χ0n) is 10.3. The van der Waals surface area contributed by atoms with Gasteiger partial charge in [0.1, 0.15) is 5.01 Å². The first-order valence-electron chi connectivity index (χ1n) is 5.61. The first kappa shape index (κ1) is 11.9. The number of nitrogens with two attached hydrogens (primary N) is 1. The van der Waals surface area contributed by atoms with Crippen LogP contribution >= 0.6 is 11.3 Å². The Balaban J connectivity index is 2.18. The van der Waals surface area contributed by atoms with Gasteiger partial charge in [-0.15, -0.1) is 11.3 Å². The van der Waals surface area contributed by atoms with Crippen LogP contribution in [0.25, 0.3) is 0 Å². The van der Waals surface area contributed by atoms with Gasteiger partial charge in [0.25, 0.3) is 0 Å². The van der Waals surface area contributed by atoms with Crippen molar-refractivity contribution in [2.24, 2.45) is 0 Å². The molecule has 0 amide bonds. The number of anilines is 2. The predicted octanol–water partition coefficient (Wildman–Crippen LogP) is 3.52. The summed E-state index contributed by atoms with van der Waals surface area (Å²) in [5, 5.41) is 6.55. The number of nitrogens with zero attached hydrogens (tertiary/aromatic N) is 1. The molecule has 0 fully saturated rings. The summed E-state index contributed by atoms with van der Waals surface area (Å²) in [6.45, 7) is 6.16. The van der Waals surface area contributed by atoms with E-state index in [1.165, 1.54) is 5.56 Å². The summed E-state index contributed by atoms with van der Waals surface area (Å²) in [6.07, 6.45) is 0. The molecule has 0 saturated carbocycles. The Bertz CT molecular complexity index is 519. The molecule has 3 nitrogen and oxygen atoms in total. The molecular weight excluding hydrogens is 230 g/mol. The maximum atomic E-state index is 5.94. The summed E-state index contributed by atoms with van der Waals surface area (Å²) in [6, 6.07) is 6.18. The second-order valence-electron chi connectivity index (χ2n) is 4.28. The molecule has 4 heteroatoms. The smallest absolute Gasteiger partial charge is 0.115 e. The number of rotatable bonds is 3. The number of hydrogen-bond donors (Lipinski definition) is 2. The molecule has 1 aromatic heterocycles. The Morgan fingerprint density at radius 3 is 2.76 bits per heavy atom. The number of thiazole rings is 1. The molecular formula is C13H17N3S. The Hall–Kier alpha value is -1.55. The van der Waals surface area contributed by atoms with E-state index in [9.17, 15) is 0 Å². The number of hydrogen-bond acceptors (Lipinski definition) is 4. The Morgan fingerprint density at radius 2 is 2.12 bits per heavy atom. The van der Waals surface area contributed by atoms with Crippen LogP contribution in [0.15, 0.2) is 23.6 Å². The quantitative estimate of drug-likeness (QED) is 0.816. The molecule has 1 aromatic carbocycles. The summed E-state index contributed by atoms with van der Waals surface area (Å²) in [5.74, 6) is 0. The SMILES string of the molecule is Cc1ccc(N)c(NC(C)c2nc(C)cs2)c1. The first-order chi connectivity index (χ1) is 8.06. The highest BCUT2D eigenvalue weighted by molar-refractivity contribution is 7.09. The average Bonchev–Trinajstić information content (AvgIpc) is 2.70. The molecule has 1 heterocycles. The third kappa shape index (κ3) is 2.77. The topological polar surface area (TPSA) is 50.9 Å². The fourth-order valence-corrected chi connectivity index (χ4v) is 2.46. The molecule has 0 bridgehead atoms. The molecule has 0 aliphatic carbocycles. The summed E-state index contributed by atoms with van der Waals surface area (Å²) in [4.78, 5) is 4.47. The third-order valence-corrected chi connectivity index (χ3v) is 3.73. The minimum atomic E-state index is 0.179. The summed E-state index contributed by atoms with van der Waals surface area (Å²) >= 11 is 1.67. The lowest BCUT2D eigenvalue weighted by Gasteiger charge is -2.15. The lowest BCUT2D eigenvalue weighted by Crippen LogP contribution is -2.08. The van der Waals surface area contributed by atoms with Gasteiger partial charge in [-0.05, 0) is 38.5 Å². The minimum absolute atomic E-state index is 0.179. The van der Waals surface area contributed by atoms with Crippen molar-refractivity contribution in [2.75, 3.05) is 11.1 Å². The molecule has 0 aliphatic heterocycles. The monoisotopic (exact) mass is 247 g/mol. The van der Waals surface area contributed by atoms with E-state index >= 15 is 0 Å². The van der Waals surface area contributed by atoms with Gasteiger partial charge in [-0.2, -0.15) is 0 Å². The van der Waals surface area contributed by atoms with E-state index in [1.807, 2.05) is 19.1 Å². The molecule has 90 valence electrons. The predicted molar refractivity (Wildman–Crippen MR) is 74.5 cm³/mol. The van der Waals surface area contributed by atoms with Crippen LogP contribution in [0.3, 0.4) is 0 Å². The second kappa shape index (κ2) is 4.75. The van der Waals surface area contributed by atoms with Crippen LogP contribution in [0.4, 0.5) is 11.4 Å². The summed E-state index contributed by atoms with van der Waals surface area (Å²) < 4.78 is 0. The number of nitrogen functional groups attached to an aromatic ring is 1. The molecule has 1 unspecified atom stereocenters. The average molecular weight is 247 g/mol. The van der Waals surface area contributed by atoms with Gasteiger partial charge in [0.05, 0.1) is 17.4 Å². The van der Waals surface area contributed by atoms with Crippen molar-refractivity contribution in [3.8, 4) is 0 Å². The fraction of sp³-hybridized carbons (Fsp3) is 0.308. The van der Waals surface area contributed by atoms with Crippen LogP contribution in [0.2, 0.25) is 0 Å². The maximum absolute atomic E-state index is 5.94. The molecule has 2 aromatic rings. The van der Waals surface area contributed by atoms with Gasteiger partial charge in [0.15, 0.2) is 0 Å². The zero-order chi connectivity index (χ0) is 12.4. The summed E-state index contributed by atoms with van der Waals surface area (Å²) in [7, 11) is 0. The highest BCUT2D eigenvalue weighted by Crippen LogP contribution is 2.26. The second-order valence-corrected chi connectivity index (χ2v) is 5.17. The molecule has 3 N–H and O–H groups in total. The standard InChI is InChI=1S/C13H17N3S/c1-8-4-5-11(14)12(6-8)16-10(3)13-15-9(2)7-17-13/h4-7,10,16H,14H2,1-3H3. The highest BCUT2D eigenvalue weighted by atomic mass is 32.1. The van der Waals surface area contributed by atoms with Gasteiger partial charge >= 0.3 is 0 Å². The van der Waals surface area contributed by atoms with Gasteiger partial charge in [-0.25, -0.2) is 4.98 Å². The lowest BCUT2D eigenvalue weighted by atomic mass is 10.2. The number of aryl methyl sites for hydroxylation is 2. The van der Waals surface area contributed by atoms with Crippen LogP contribution in [0, 0.1) is 13.8 Å². The van der Waals surface area contributed by atoms with Crippen molar-refractivity contribution in [3.05, 3.63) is 39.8 Å². The number of nitrogens with one attached hydrogen (secondary N) is 1. The van der Waals surface area contributed by atoms with Crippen molar-refractivity contribution in [2.45, 2.75) is 26.8 Å². The van der Waals surface area contributed by atoms with E-state index in [-0.39, 0.29) is 6.04 Å².